The summed E-state index contributed by atoms with van der Waals surface area (Å²) in [5.74, 6) is 2.41. The Kier molecular flexibility index (Phi) is 3.68. The highest BCUT2D eigenvalue weighted by atomic mass is 32.2. The Hall–Kier alpha value is -2.46. The second-order valence-corrected chi connectivity index (χ2v) is 5.72. The molecule has 0 aliphatic heterocycles. The Morgan fingerprint density at radius 2 is 2.25 bits per heavy atom. The Labute approximate surface area is 117 Å². The molecule has 0 radical (unpaired) electrons. The highest BCUT2D eigenvalue weighted by Gasteiger charge is 2.21. The zero-order valence-corrected chi connectivity index (χ0v) is 11.7. The van der Waals surface area contributed by atoms with Gasteiger partial charge < -0.3 is 5.73 Å². The average molecular weight is 290 g/mol. The summed E-state index contributed by atoms with van der Waals surface area (Å²) in [6.07, 6.45) is 6.67. The van der Waals surface area contributed by atoms with Crippen molar-refractivity contribution in [2.75, 3.05) is 10.5 Å². The first-order valence-electron chi connectivity index (χ1n) is 5.88. The summed E-state index contributed by atoms with van der Waals surface area (Å²) in [6.45, 7) is 2.37. The molecule has 6 nitrogen and oxygen atoms in total. The van der Waals surface area contributed by atoms with Crippen molar-refractivity contribution >= 4 is 21.5 Å². The van der Waals surface area contributed by atoms with Gasteiger partial charge in [-0.3, -0.25) is 9.40 Å². The van der Waals surface area contributed by atoms with E-state index in [2.05, 4.69) is 15.7 Å². The third kappa shape index (κ3) is 2.75. The SMILES string of the molecule is C#Cc1cccc(NS(=O)(=O)c2cn(CC)nc2N)c1. The summed E-state index contributed by atoms with van der Waals surface area (Å²) in [5, 5.41) is 3.91. The largest absolute Gasteiger partial charge is 0.381 e. The van der Waals surface area contributed by atoms with Gasteiger partial charge in [0.05, 0.1) is 5.69 Å². The summed E-state index contributed by atoms with van der Waals surface area (Å²) < 4.78 is 28.4. The number of sulfonamides is 1. The van der Waals surface area contributed by atoms with Gasteiger partial charge in [-0.1, -0.05) is 12.0 Å². The van der Waals surface area contributed by atoms with Crippen molar-refractivity contribution < 1.29 is 8.42 Å². The highest BCUT2D eigenvalue weighted by Crippen LogP contribution is 2.20. The molecule has 0 unspecified atom stereocenters. The fourth-order valence-corrected chi connectivity index (χ4v) is 2.79. The van der Waals surface area contributed by atoms with E-state index in [1.807, 2.05) is 6.92 Å². The second kappa shape index (κ2) is 5.27. The maximum atomic E-state index is 12.3. The molecule has 0 fully saturated rings. The monoisotopic (exact) mass is 290 g/mol. The van der Waals surface area contributed by atoms with E-state index in [0.717, 1.165) is 0 Å². The molecular weight excluding hydrogens is 276 g/mol. The van der Waals surface area contributed by atoms with Gasteiger partial charge in [-0.15, -0.1) is 6.42 Å². The molecule has 0 aliphatic carbocycles. The number of terminal acetylenes is 1. The minimum Gasteiger partial charge on any atom is -0.381 e. The van der Waals surface area contributed by atoms with Crippen LogP contribution in [0.1, 0.15) is 12.5 Å². The van der Waals surface area contributed by atoms with Gasteiger partial charge in [0.2, 0.25) is 0 Å². The molecule has 1 aromatic heterocycles. The molecule has 1 heterocycles. The number of hydrogen-bond donors (Lipinski definition) is 2. The van der Waals surface area contributed by atoms with E-state index >= 15 is 0 Å². The summed E-state index contributed by atoms with van der Waals surface area (Å²) in [5.41, 5.74) is 6.59. The minimum absolute atomic E-state index is 0.0348. The van der Waals surface area contributed by atoms with Gasteiger partial charge in [0.1, 0.15) is 4.90 Å². The number of nitrogens with two attached hydrogens (primary N) is 1. The molecule has 104 valence electrons. The van der Waals surface area contributed by atoms with Crippen LogP contribution in [0.15, 0.2) is 35.4 Å². The van der Waals surface area contributed by atoms with E-state index in [-0.39, 0.29) is 10.7 Å². The van der Waals surface area contributed by atoms with Crippen LogP contribution in [0, 0.1) is 12.3 Å². The van der Waals surface area contributed by atoms with Crippen molar-refractivity contribution in [2.45, 2.75) is 18.4 Å². The van der Waals surface area contributed by atoms with Crippen LogP contribution in [0.5, 0.6) is 0 Å². The van der Waals surface area contributed by atoms with Gasteiger partial charge in [-0.2, -0.15) is 5.10 Å². The van der Waals surface area contributed by atoms with Crippen LogP contribution in [0.2, 0.25) is 0 Å². The molecule has 2 aromatic rings. The molecule has 0 atom stereocenters. The summed E-state index contributed by atoms with van der Waals surface area (Å²) in [4.78, 5) is -0.0505. The number of aryl methyl sites for hydroxylation is 1. The predicted octanol–water partition coefficient (Wildman–Crippen LogP) is 1.27. The van der Waals surface area contributed by atoms with E-state index < -0.39 is 10.0 Å². The first kappa shape index (κ1) is 14.0. The number of nitrogens with one attached hydrogen (secondary N) is 1. The van der Waals surface area contributed by atoms with Crippen molar-refractivity contribution in [2.24, 2.45) is 0 Å². The highest BCUT2D eigenvalue weighted by molar-refractivity contribution is 7.92. The molecule has 7 heteroatoms. The lowest BCUT2D eigenvalue weighted by atomic mass is 10.2. The van der Waals surface area contributed by atoms with E-state index in [1.54, 1.807) is 24.3 Å². The van der Waals surface area contributed by atoms with Crippen LogP contribution >= 0.6 is 0 Å². The van der Waals surface area contributed by atoms with Gasteiger partial charge >= 0.3 is 0 Å². The van der Waals surface area contributed by atoms with Crippen LogP contribution in [0.25, 0.3) is 0 Å². The Balaban J connectivity index is 2.35. The molecule has 0 saturated heterocycles. The van der Waals surface area contributed by atoms with Crippen LogP contribution in [-0.2, 0) is 16.6 Å². The van der Waals surface area contributed by atoms with Crippen LogP contribution < -0.4 is 10.5 Å². The first-order valence-corrected chi connectivity index (χ1v) is 7.37. The number of rotatable bonds is 4. The molecule has 0 spiro atoms. The molecule has 2 rings (SSSR count). The van der Waals surface area contributed by atoms with Gasteiger partial charge in [-0.25, -0.2) is 8.42 Å². The van der Waals surface area contributed by atoms with E-state index in [0.29, 0.717) is 17.8 Å². The van der Waals surface area contributed by atoms with E-state index in [4.69, 9.17) is 12.2 Å². The number of nitrogen functional groups attached to an aromatic ring is 1. The zero-order chi connectivity index (χ0) is 14.8. The predicted molar refractivity (Wildman–Crippen MR) is 77.5 cm³/mol. The van der Waals surface area contributed by atoms with E-state index in [9.17, 15) is 8.42 Å². The number of anilines is 2. The molecule has 0 bridgehead atoms. The van der Waals surface area contributed by atoms with Crippen molar-refractivity contribution in [1.82, 2.24) is 9.78 Å². The van der Waals surface area contributed by atoms with Gasteiger partial charge in [0.25, 0.3) is 10.0 Å². The zero-order valence-electron chi connectivity index (χ0n) is 10.9. The lowest BCUT2D eigenvalue weighted by molar-refractivity contribution is 0.600. The standard InChI is InChI=1S/C13H14N4O2S/c1-3-10-6-5-7-11(8-10)16-20(18,19)12-9-17(4-2)15-13(12)14/h1,5-9,16H,4H2,2H3,(H2,14,15). The molecule has 3 N–H and O–H groups in total. The summed E-state index contributed by atoms with van der Waals surface area (Å²) in [6, 6.07) is 6.56. The Bertz CT molecular complexity index is 772. The number of aromatic nitrogens is 2. The van der Waals surface area contributed by atoms with Crippen LogP contribution in [0.4, 0.5) is 11.5 Å². The van der Waals surface area contributed by atoms with Gasteiger partial charge in [-0.05, 0) is 25.1 Å². The van der Waals surface area contributed by atoms with Gasteiger partial charge in [0.15, 0.2) is 5.82 Å². The van der Waals surface area contributed by atoms with Crippen LogP contribution in [-0.4, -0.2) is 18.2 Å². The second-order valence-electron chi connectivity index (χ2n) is 4.06. The fraction of sp³-hybridized carbons (Fsp3) is 0.154. The van der Waals surface area contributed by atoms with Crippen molar-refractivity contribution in [1.29, 1.82) is 0 Å². The molecular formula is C13H14N4O2S. The topological polar surface area (TPSA) is 90.0 Å². The van der Waals surface area contributed by atoms with Crippen molar-refractivity contribution in [3.05, 3.63) is 36.0 Å². The minimum atomic E-state index is -3.79. The summed E-state index contributed by atoms with van der Waals surface area (Å²) >= 11 is 0. The number of benzene rings is 1. The fourth-order valence-electron chi connectivity index (χ4n) is 1.67. The normalized spacial score (nSPS) is 11.0. The summed E-state index contributed by atoms with van der Waals surface area (Å²) in [7, 11) is -3.79. The first-order chi connectivity index (χ1) is 9.46. The van der Waals surface area contributed by atoms with Crippen molar-refractivity contribution in [3.8, 4) is 12.3 Å². The Morgan fingerprint density at radius 1 is 1.50 bits per heavy atom. The molecule has 20 heavy (non-hydrogen) atoms. The average Bonchev–Trinajstić information content (AvgIpc) is 2.80. The molecule has 0 saturated carbocycles. The van der Waals surface area contributed by atoms with Crippen molar-refractivity contribution in [3.63, 3.8) is 0 Å². The third-order valence-corrected chi connectivity index (χ3v) is 4.05. The maximum Gasteiger partial charge on any atom is 0.267 e. The van der Waals surface area contributed by atoms with Crippen LogP contribution in [0.3, 0.4) is 0 Å². The lowest BCUT2D eigenvalue weighted by Crippen LogP contribution is -2.14. The van der Waals surface area contributed by atoms with Gasteiger partial charge in [0, 0.05) is 18.3 Å². The molecule has 0 aliphatic rings. The Morgan fingerprint density at radius 3 is 2.85 bits per heavy atom. The number of hydrogen-bond acceptors (Lipinski definition) is 4. The number of nitrogens with zero attached hydrogens (tertiary/aromatic N) is 2. The molecule has 1 aromatic carbocycles. The quantitative estimate of drug-likeness (QED) is 0.830. The maximum absolute atomic E-state index is 12.3. The third-order valence-electron chi connectivity index (χ3n) is 2.65. The lowest BCUT2D eigenvalue weighted by Gasteiger charge is -2.07. The van der Waals surface area contributed by atoms with E-state index in [1.165, 1.54) is 10.9 Å². The molecule has 0 amide bonds. The smallest absolute Gasteiger partial charge is 0.267 e.